The van der Waals surface area contributed by atoms with E-state index in [1.54, 1.807) is 0 Å². The van der Waals surface area contributed by atoms with Crippen molar-refractivity contribution in [3.05, 3.63) is 35.4 Å². The molecule has 2 unspecified atom stereocenters. The molecule has 4 nitrogen and oxygen atoms in total. The van der Waals surface area contributed by atoms with Crippen LogP contribution < -0.4 is 10.6 Å². The zero-order chi connectivity index (χ0) is 13.8. The molecule has 0 radical (unpaired) electrons. The van der Waals surface area contributed by atoms with Crippen LogP contribution in [0, 0.1) is 0 Å². The Hall–Kier alpha value is -1.39. The molecule has 20 heavy (non-hydrogen) atoms. The van der Waals surface area contributed by atoms with E-state index in [1.165, 1.54) is 11.1 Å². The van der Waals surface area contributed by atoms with Crippen molar-refractivity contribution in [2.75, 3.05) is 19.7 Å². The minimum Gasteiger partial charge on any atom is -0.375 e. The number of fused-ring (bicyclic) bond motifs is 1. The molecule has 1 fully saturated rings. The number of carbonyl (C=O) groups excluding carboxylic acids is 1. The van der Waals surface area contributed by atoms with Crippen LogP contribution in [0.4, 0.5) is 0 Å². The standard InChI is InChI=1S/C16H22N2O2/c19-16(10-13-11-17-8-9-20-13)18-15-7-3-5-12-4-1-2-6-14(12)15/h1-2,4,6,13,15,17H,3,5,7-11H2,(H,18,19). The number of aryl methyl sites for hydroxylation is 1. The molecule has 2 N–H and O–H groups in total. The first kappa shape index (κ1) is 13.6. The number of morpholine rings is 1. The molecular weight excluding hydrogens is 252 g/mol. The molecule has 2 aliphatic rings. The molecule has 0 spiro atoms. The highest BCUT2D eigenvalue weighted by molar-refractivity contribution is 5.77. The van der Waals surface area contributed by atoms with Crippen LogP contribution in [-0.4, -0.2) is 31.7 Å². The number of amides is 1. The van der Waals surface area contributed by atoms with Gasteiger partial charge in [0.2, 0.25) is 5.91 Å². The second kappa shape index (κ2) is 6.37. The second-order valence-corrected chi connectivity index (χ2v) is 5.61. The van der Waals surface area contributed by atoms with Crippen LogP contribution in [0.3, 0.4) is 0 Å². The van der Waals surface area contributed by atoms with Gasteiger partial charge in [0.1, 0.15) is 0 Å². The van der Waals surface area contributed by atoms with Crippen molar-refractivity contribution in [3.63, 3.8) is 0 Å². The minimum atomic E-state index is 0.0163. The van der Waals surface area contributed by atoms with E-state index in [1.807, 2.05) is 0 Å². The molecule has 1 aromatic carbocycles. The van der Waals surface area contributed by atoms with E-state index >= 15 is 0 Å². The summed E-state index contributed by atoms with van der Waals surface area (Å²) in [5, 5.41) is 6.43. The average Bonchev–Trinajstić information content (AvgIpc) is 2.48. The van der Waals surface area contributed by atoms with Crippen LogP contribution >= 0.6 is 0 Å². The topological polar surface area (TPSA) is 50.4 Å². The molecule has 1 heterocycles. The number of rotatable bonds is 3. The number of hydrogen-bond donors (Lipinski definition) is 2. The van der Waals surface area contributed by atoms with E-state index in [-0.39, 0.29) is 18.1 Å². The van der Waals surface area contributed by atoms with Gasteiger partial charge in [0.15, 0.2) is 0 Å². The Labute approximate surface area is 119 Å². The fraction of sp³-hybridized carbons (Fsp3) is 0.562. The van der Waals surface area contributed by atoms with Crippen LogP contribution in [0.2, 0.25) is 0 Å². The van der Waals surface area contributed by atoms with Crippen molar-refractivity contribution in [3.8, 4) is 0 Å². The lowest BCUT2D eigenvalue weighted by Crippen LogP contribution is -2.42. The highest BCUT2D eigenvalue weighted by Crippen LogP contribution is 2.29. The van der Waals surface area contributed by atoms with E-state index < -0.39 is 0 Å². The van der Waals surface area contributed by atoms with E-state index in [2.05, 4.69) is 34.9 Å². The summed E-state index contributed by atoms with van der Waals surface area (Å²) in [4.78, 5) is 12.2. The summed E-state index contributed by atoms with van der Waals surface area (Å²) in [6.45, 7) is 2.35. The van der Waals surface area contributed by atoms with Crippen molar-refractivity contribution in [2.24, 2.45) is 0 Å². The lowest BCUT2D eigenvalue weighted by Gasteiger charge is -2.28. The first-order valence-electron chi connectivity index (χ1n) is 7.52. The number of benzene rings is 1. The molecule has 0 bridgehead atoms. The van der Waals surface area contributed by atoms with Gasteiger partial charge in [0.25, 0.3) is 0 Å². The van der Waals surface area contributed by atoms with E-state index in [9.17, 15) is 4.79 Å². The molecule has 1 amide bonds. The summed E-state index contributed by atoms with van der Waals surface area (Å²) >= 11 is 0. The molecule has 108 valence electrons. The van der Waals surface area contributed by atoms with Crippen LogP contribution in [-0.2, 0) is 16.0 Å². The van der Waals surface area contributed by atoms with Gasteiger partial charge in [-0.25, -0.2) is 0 Å². The minimum absolute atomic E-state index is 0.0163. The average molecular weight is 274 g/mol. The van der Waals surface area contributed by atoms with Gasteiger partial charge >= 0.3 is 0 Å². The molecular formula is C16H22N2O2. The third kappa shape index (κ3) is 3.19. The number of carbonyl (C=O) groups is 1. The summed E-state index contributed by atoms with van der Waals surface area (Å²) in [5.74, 6) is 0.0976. The molecule has 1 aromatic rings. The van der Waals surface area contributed by atoms with Gasteiger partial charge in [-0.3, -0.25) is 4.79 Å². The van der Waals surface area contributed by atoms with Crippen molar-refractivity contribution in [1.29, 1.82) is 0 Å². The fourth-order valence-corrected chi connectivity index (χ4v) is 3.11. The Bertz CT molecular complexity index is 469. The quantitative estimate of drug-likeness (QED) is 0.879. The Morgan fingerprint density at radius 3 is 3.15 bits per heavy atom. The van der Waals surface area contributed by atoms with Gasteiger partial charge in [0, 0.05) is 13.1 Å². The Morgan fingerprint density at radius 2 is 2.30 bits per heavy atom. The molecule has 1 saturated heterocycles. The third-order valence-electron chi connectivity index (χ3n) is 4.12. The largest absolute Gasteiger partial charge is 0.375 e. The lowest BCUT2D eigenvalue weighted by molar-refractivity contribution is -0.125. The van der Waals surface area contributed by atoms with E-state index in [0.717, 1.165) is 32.4 Å². The molecule has 2 atom stereocenters. The van der Waals surface area contributed by atoms with Gasteiger partial charge in [-0.15, -0.1) is 0 Å². The molecule has 1 aliphatic carbocycles. The number of ether oxygens (including phenoxy) is 1. The summed E-state index contributed by atoms with van der Waals surface area (Å²) in [6.07, 6.45) is 3.77. The summed E-state index contributed by atoms with van der Waals surface area (Å²) in [5.41, 5.74) is 2.66. The van der Waals surface area contributed by atoms with Crippen molar-refractivity contribution < 1.29 is 9.53 Å². The van der Waals surface area contributed by atoms with Crippen LogP contribution in [0.1, 0.15) is 36.4 Å². The first-order chi connectivity index (χ1) is 9.83. The van der Waals surface area contributed by atoms with Crippen LogP contribution in [0.25, 0.3) is 0 Å². The SMILES string of the molecule is O=C(CC1CNCCO1)NC1CCCc2ccccc21. The number of hydrogen-bond acceptors (Lipinski definition) is 3. The normalized spacial score (nSPS) is 25.8. The Balaban J connectivity index is 1.59. The molecule has 0 saturated carbocycles. The van der Waals surface area contributed by atoms with Crippen molar-refractivity contribution in [2.45, 2.75) is 37.8 Å². The first-order valence-corrected chi connectivity index (χ1v) is 7.52. The molecule has 1 aliphatic heterocycles. The van der Waals surface area contributed by atoms with Gasteiger partial charge < -0.3 is 15.4 Å². The second-order valence-electron chi connectivity index (χ2n) is 5.61. The highest BCUT2D eigenvalue weighted by atomic mass is 16.5. The predicted molar refractivity (Wildman–Crippen MR) is 77.5 cm³/mol. The Morgan fingerprint density at radius 1 is 1.40 bits per heavy atom. The summed E-state index contributed by atoms with van der Waals surface area (Å²) in [7, 11) is 0. The number of nitrogens with one attached hydrogen (secondary N) is 2. The highest BCUT2D eigenvalue weighted by Gasteiger charge is 2.23. The van der Waals surface area contributed by atoms with Gasteiger partial charge in [-0.2, -0.15) is 0 Å². The zero-order valence-electron chi connectivity index (χ0n) is 11.7. The maximum atomic E-state index is 12.2. The summed E-state index contributed by atoms with van der Waals surface area (Å²) in [6, 6.07) is 8.60. The lowest BCUT2D eigenvalue weighted by atomic mass is 9.87. The predicted octanol–water partition coefficient (Wildman–Crippen LogP) is 1.56. The van der Waals surface area contributed by atoms with Gasteiger partial charge in [0.05, 0.1) is 25.2 Å². The van der Waals surface area contributed by atoms with E-state index in [0.29, 0.717) is 13.0 Å². The van der Waals surface area contributed by atoms with Crippen molar-refractivity contribution in [1.82, 2.24) is 10.6 Å². The monoisotopic (exact) mass is 274 g/mol. The fourth-order valence-electron chi connectivity index (χ4n) is 3.11. The maximum absolute atomic E-state index is 12.2. The zero-order valence-corrected chi connectivity index (χ0v) is 11.7. The molecule has 3 rings (SSSR count). The smallest absolute Gasteiger partial charge is 0.223 e. The van der Waals surface area contributed by atoms with Crippen LogP contribution in [0.5, 0.6) is 0 Å². The third-order valence-corrected chi connectivity index (χ3v) is 4.12. The van der Waals surface area contributed by atoms with Gasteiger partial charge in [-0.1, -0.05) is 24.3 Å². The molecule has 4 heteroatoms. The summed E-state index contributed by atoms with van der Waals surface area (Å²) < 4.78 is 5.58. The van der Waals surface area contributed by atoms with Gasteiger partial charge in [-0.05, 0) is 30.4 Å². The maximum Gasteiger partial charge on any atom is 0.223 e. The molecule has 0 aromatic heterocycles. The van der Waals surface area contributed by atoms with Crippen molar-refractivity contribution >= 4 is 5.91 Å². The van der Waals surface area contributed by atoms with E-state index in [4.69, 9.17) is 4.74 Å². The van der Waals surface area contributed by atoms with Crippen LogP contribution in [0.15, 0.2) is 24.3 Å². The Kier molecular flexibility index (Phi) is 4.33.